The van der Waals surface area contributed by atoms with Gasteiger partial charge in [-0.3, -0.25) is 9.69 Å². The van der Waals surface area contributed by atoms with Crippen LogP contribution in [0.3, 0.4) is 0 Å². The average molecular weight is 437 g/mol. The number of Topliss-reactive ketones (excluding diaryl/α,β-unsaturated/α-hetero) is 1. The van der Waals surface area contributed by atoms with Gasteiger partial charge in [-0.05, 0) is 68.1 Å². The Morgan fingerprint density at radius 1 is 1.00 bits per heavy atom. The highest BCUT2D eigenvalue weighted by atomic mass is 16.5. The first-order valence-electron chi connectivity index (χ1n) is 11.8. The van der Waals surface area contributed by atoms with Gasteiger partial charge in [0.2, 0.25) is 0 Å². The zero-order valence-electron chi connectivity index (χ0n) is 20.7. The fourth-order valence-corrected chi connectivity index (χ4v) is 4.45. The van der Waals surface area contributed by atoms with Crippen molar-refractivity contribution in [3.63, 3.8) is 0 Å². The summed E-state index contributed by atoms with van der Waals surface area (Å²) in [6.45, 7) is 12.4. The van der Waals surface area contributed by atoms with Gasteiger partial charge in [0.15, 0.2) is 5.78 Å². The minimum absolute atomic E-state index is 0.123. The van der Waals surface area contributed by atoms with Crippen molar-refractivity contribution in [3.05, 3.63) is 65.7 Å². The molecule has 0 aliphatic carbocycles. The second-order valence-electron chi connectivity index (χ2n) is 10.5. The summed E-state index contributed by atoms with van der Waals surface area (Å²) in [7, 11) is 4.11. The fraction of sp³-hybridized carbons (Fsp3) is 0.536. The third kappa shape index (κ3) is 5.60. The fourth-order valence-electron chi connectivity index (χ4n) is 4.45. The summed E-state index contributed by atoms with van der Waals surface area (Å²) in [4.78, 5) is 18.7. The molecule has 2 unspecified atom stereocenters. The van der Waals surface area contributed by atoms with Gasteiger partial charge >= 0.3 is 0 Å². The van der Waals surface area contributed by atoms with E-state index in [4.69, 9.17) is 4.74 Å². The lowest BCUT2D eigenvalue weighted by Crippen LogP contribution is -2.54. The van der Waals surface area contributed by atoms with Crippen molar-refractivity contribution in [2.45, 2.75) is 46.1 Å². The maximum atomic E-state index is 14.2. The van der Waals surface area contributed by atoms with E-state index in [-0.39, 0.29) is 11.2 Å². The summed E-state index contributed by atoms with van der Waals surface area (Å²) < 4.78 is 5.47. The molecular formula is C28H40N2O2. The second kappa shape index (κ2) is 10.2. The largest absolute Gasteiger partial charge is 0.378 e. The molecule has 0 aromatic heterocycles. The number of hydrogen-bond acceptors (Lipinski definition) is 4. The van der Waals surface area contributed by atoms with Gasteiger partial charge in [-0.25, -0.2) is 0 Å². The quantitative estimate of drug-likeness (QED) is 0.524. The number of likely N-dealkylation sites (N-methyl/N-ethyl adjacent to an activating group) is 1. The Balaban J connectivity index is 1.96. The number of hydrogen-bond donors (Lipinski definition) is 0. The van der Waals surface area contributed by atoms with Gasteiger partial charge in [0.05, 0.1) is 18.8 Å². The van der Waals surface area contributed by atoms with Gasteiger partial charge in [-0.2, -0.15) is 0 Å². The Morgan fingerprint density at radius 2 is 1.59 bits per heavy atom. The van der Waals surface area contributed by atoms with E-state index in [9.17, 15) is 4.79 Å². The normalized spacial score (nSPS) is 17.8. The maximum absolute atomic E-state index is 14.2. The summed E-state index contributed by atoms with van der Waals surface area (Å²) in [5.41, 5.74) is 2.66. The minimum Gasteiger partial charge on any atom is -0.378 e. The van der Waals surface area contributed by atoms with Crippen LogP contribution in [0.15, 0.2) is 54.6 Å². The number of carbonyl (C=O) groups is 1. The van der Waals surface area contributed by atoms with Gasteiger partial charge in [0.25, 0.3) is 0 Å². The van der Waals surface area contributed by atoms with Gasteiger partial charge < -0.3 is 9.64 Å². The van der Waals surface area contributed by atoms with E-state index in [0.29, 0.717) is 12.3 Å². The van der Waals surface area contributed by atoms with Crippen LogP contribution in [-0.2, 0) is 11.2 Å². The second-order valence-corrected chi connectivity index (χ2v) is 10.5. The molecule has 3 rings (SSSR count). The van der Waals surface area contributed by atoms with Gasteiger partial charge in [0, 0.05) is 24.3 Å². The molecule has 0 spiro atoms. The van der Waals surface area contributed by atoms with Crippen LogP contribution >= 0.6 is 0 Å². The Kier molecular flexibility index (Phi) is 7.79. The Hall–Kier alpha value is -2.17. The molecule has 1 aliphatic rings. The van der Waals surface area contributed by atoms with E-state index in [1.165, 1.54) is 5.56 Å². The number of nitrogens with zero attached hydrogens (tertiary/aromatic N) is 2. The molecule has 1 aliphatic heterocycles. The van der Waals surface area contributed by atoms with Crippen LogP contribution in [-0.4, -0.2) is 56.6 Å². The van der Waals surface area contributed by atoms with Crippen molar-refractivity contribution in [2.24, 2.45) is 11.3 Å². The zero-order chi connectivity index (χ0) is 23.4. The summed E-state index contributed by atoms with van der Waals surface area (Å²) >= 11 is 0. The number of ether oxygens (including phenoxy) is 1. The average Bonchev–Trinajstić information content (AvgIpc) is 2.78. The molecule has 2 aromatic carbocycles. The zero-order valence-corrected chi connectivity index (χ0v) is 20.7. The molecule has 0 amide bonds. The molecule has 4 heteroatoms. The monoisotopic (exact) mass is 436 g/mol. The van der Waals surface area contributed by atoms with Crippen molar-refractivity contribution >= 4 is 11.5 Å². The molecular weight excluding hydrogens is 396 g/mol. The summed E-state index contributed by atoms with van der Waals surface area (Å²) in [6, 6.07) is 18.6. The van der Waals surface area contributed by atoms with E-state index >= 15 is 0 Å². The van der Waals surface area contributed by atoms with Gasteiger partial charge in [-0.1, -0.05) is 58.0 Å². The molecule has 2 atom stereocenters. The van der Waals surface area contributed by atoms with Crippen molar-refractivity contribution < 1.29 is 9.53 Å². The first-order valence-corrected chi connectivity index (χ1v) is 11.8. The lowest BCUT2D eigenvalue weighted by molar-refractivity contribution is 0.0532. The first kappa shape index (κ1) is 24.5. The lowest BCUT2D eigenvalue weighted by atomic mass is 9.70. The van der Waals surface area contributed by atoms with Crippen LogP contribution in [0, 0.1) is 11.3 Å². The highest BCUT2D eigenvalue weighted by Gasteiger charge is 2.44. The van der Waals surface area contributed by atoms with E-state index in [0.717, 1.165) is 44.0 Å². The molecule has 1 saturated heterocycles. The molecule has 4 nitrogen and oxygen atoms in total. The highest BCUT2D eigenvalue weighted by Crippen LogP contribution is 2.38. The molecule has 0 N–H and O–H groups in total. The molecule has 0 bridgehead atoms. The van der Waals surface area contributed by atoms with Crippen LogP contribution in [0.25, 0.3) is 0 Å². The van der Waals surface area contributed by atoms with E-state index in [1.807, 2.05) is 18.2 Å². The molecule has 1 heterocycles. The number of carbonyl (C=O) groups excluding carboxylic acids is 1. The lowest BCUT2D eigenvalue weighted by Gasteiger charge is -2.43. The van der Waals surface area contributed by atoms with Crippen molar-refractivity contribution in [3.8, 4) is 0 Å². The molecule has 2 aromatic rings. The van der Waals surface area contributed by atoms with Crippen LogP contribution < -0.4 is 4.90 Å². The van der Waals surface area contributed by atoms with E-state index in [2.05, 4.69) is 88.0 Å². The number of morpholine rings is 1. The standard InChI is InChI=1S/C28H40N2O2/c1-22(27(2,3)4)20-28(29(5)6,21-23-10-8-7-9-11-23)26(31)24-12-14-25(15-13-24)30-16-18-32-19-17-30/h7-15,22H,16-21H2,1-6H3. The molecule has 1 fully saturated rings. The molecule has 0 saturated carbocycles. The van der Waals surface area contributed by atoms with Crippen LogP contribution in [0.4, 0.5) is 5.69 Å². The molecule has 32 heavy (non-hydrogen) atoms. The Labute approximate surface area is 194 Å². The number of ketones is 1. The van der Waals surface area contributed by atoms with Gasteiger partial charge in [0.1, 0.15) is 0 Å². The Bertz CT molecular complexity index is 865. The number of rotatable bonds is 8. The summed E-state index contributed by atoms with van der Waals surface area (Å²) in [6.07, 6.45) is 1.51. The SMILES string of the molecule is CC(CC(Cc1ccccc1)(C(=O)c1ccc(N2CCOCC2)cc1)N(C)C)C(C)(C)C. The predicted molar refractivity (Wildman–Crippen MR) is 134 cm³/mol. The van der Waals surface area contributed by atoms with E-state index < -0.39 is 5.54 Å². The number of benzene rings is 2. The third-order valence-electron chi connectivity index (χ3n) is 7.25. The van der Waals surface area contributed by atoms with Crippen molar-refractivity contribution in [1.29, 1.82) is 0 Å². The van der Waals surface area contributed by atoms with Crippen molar-refractivity contribution in [2.75, 3.05) is 45.3 Å². The minimum atomic E-state index is -0.603. The Morgan fingerprint density at radius 3 is 2.12 bits per heavy atom. The maximum Gasteiger partial charge on any atom is 0.183 e. The first-order chi connectivity index (χ1) is 15.1. The van der Waals surface area contributed by atoms with Crippen LogP contribution in [0.1, 0.15) is 50.0 Å². The highest BCUT2D eigenvalue weighted by molar-refractivity contribution is 6.03. The van der Waals surface area contributed by atoms with Gasteiger partial charge in [-0.15, -0.1) is 0 Å². The van der Waals surface area contributed by atoms with Crippen LogP contribution in [0.2, 0.25) is 0 Å². The summed E-state index contributed by atoms with van der Waals surface area (Å²) in [5.74, 6) is 0.584. The smallest absolute Gasteiger partial charge is 0.183 e. The number of anilines is 1. The molecule has 174 valence electrons. The third-order valence-corrected chi connectivity index (χ3v) is 7.25. The van der Waals surface area contributed by atoms with Crippen LogP contribution in [0.5, 0.6) is 0 Å². The summed E-state index contributed by atoms with van der Waals surface area (Å²) in [5, 5.41) is 0. The topological polar surface area (TPSA) is 32.8 Å². The van der Waals surface area contributed by atoms with Crippen molar-refractivity contribution in [1.82, 2.24) is 4.90 Å². The predicted octanol–water partition coefficient (Wildman–Crippen LogP) is 5.32. The van der Waals surface area contributed by atoms with E-state index in [1.54, 1.807) is 0 Å². The molecule has 0 radical (unpaired) electrons.